The lowest BCUT2D eigenvalue weighted by atomic mass is 9.84. The van der Waals surface area contributed by atoms with E-state index >= 15 is 0 Å². The van der Waals surface area contributed by atoms with Crippen molar-refractivity contribution in [2.75, 3.05) is 0 Å². The van der Waals surface area contributed by atoms with Crippen molar-refractivity contribution in [1.82, 2.24) is 0 Å². The standard InChI is InChI=1S/C66H44/c1-3-23-47(24-4-1)63-55-33-11-13-35-57(55)65(58-36-14-12-34-56(58)63)51-29-20-28-50(44-51)52-30-8-7-22-46(52)42-41-45-21-19-27-49(43-45)53-31-9-10-32-54(53)66-61-39-17-15-37-59(61)64(48-25-5-2-6-26-48)60-38-16-18-40-62(60)66/h1-44H. The summed E-state index contributed by atoms with van der Waals surface area (Å²) in [6, 6.07) is 93.0. The van der Waals surface area contributed by atoms with Gasteiger partial charge in [0.25, 0.3) is 0 Å². The fraction of sp³-hybridized carbons (Fsp3) is 0. The van der Waals surface area contributed by atoms with Gasteiger partial charge in [0.2, 0.25) is 0 Å². The van der Waals surface area contributed by atoms with Gasteiger partial charge in [-0.15, -0.1) is 0 Å². The summed E-state index contributed by atoms with van der Waals surface area (Å²) in [4.78, 5) is 0. The zero-order chi connectivity index (χ0) is 43.8. The van der Waals surface area contributed by atoms with Gasteiger partial charge in [-0.1, -0.05) is 255 Å². The molecule has 0 spiro atoms. The molecule has 12 aromatic rings. The highest BCUT2D eigenvalue weighted by molar-refractivity contribution is 6.23. The minimum absolute atomic E-state index is 1.15. The number of hydrogen-bond donors (Lipinski definition) is 0. The second kappa shape index (κ2) is 16.8. The zero-order valence-corrected chi connectivity index (χ0v) is 36.4. The molecule has 0 aliphatic carbocycles. The van der Waals surface area contributed by atoms with Crippen LogP contribution in [0.25, 0.3) is 122 Å². The number of rotatable bonds is 8. The summed E-state index contributed by atoms with van der Waals surface area (Å²) < 4.78 is 0. The van der Waals surface area contributed by atoms with E-state index in [9.17, 15) is 0 Å². The topological polar surface area (TPSA) is 0 Å². The fourth-order valence-electron chi connectivity index (χ4n) is 10.4. The van der Waals surface area contributed by atoms with E-state index in [4.69, 9.17) is 0 Å². The van der Waals surface area contributed by atoms with Crippen molar-refractivity contribution in [2.24, 2.45) is 0 Å². The number of hydrogen-bond acceptors (Lipinski definition) is 0. The predicted molar refractivity (Wildman–Crippen MR) is 284 cm³/mol. The van der Waals surface area contributed by atoms with E-state index in [2.05, 4.69) is 267 Å². The second-order valence-corrected chi connectivity index (χ2v) is 17.1. The quantitative estimate of drug-likeness (QED) is 0.106. The minimum Gasteiger partial charge on any atom is -0.0622 e. The molecule has 0 aromatic heterocycles. The van der Waals surface area contributed by atoms with Gasteiger partial charge in [0.05, 0.1) is 0 Å². The molecule has 308 valence electrons. The summed E-state index contributed by atoms with van der Waals surface area (Å²) in [5.41, 5.74) is 17.1. The summed E-state index contributed by atoms with van der Waals surface area (Å²) in [7, 11) is 0. The average molecular weight is 837 g/mol. The van der Waals surface area contributed by atoms with E-state index in [1.165, 1.54) is 115 Å². The average Bonchev–Trinajstić information content (AvgIpc) is 3.39. The van der Waals surface area contributed by atoms with Crippen LogP contribution in [0.15, 0.2) is 255 Å². The molecule has 0 saturated carbocycles. The third-order valence-electron chi connectivity index (χ3n) is 13.3. The van der Waals surface area contributed by atoms with E-state index in [-0.39, 0.29) is 0 Å². The maximum absolute atomic E-state index is 2.38. The molecule has 0 heterocycles. The Labute approximate surface area is 386 Å². The maximum Gasteiger partial charge on any atom is -0.00201 e. The molecule has 0 radical (unpaired) electrons. The molecule has 12 rings (SSSR count). The van der Waals surface area contributed by atoms with E-state index < -0.39 is 0 Å². The first kappa shape index (κ1) is 39.0. The third-order valence-corrected chi connectivity index (χ3v) is 13.3. The van der Waals surface area contributed by atoms with Crippen LogP contribution in [-0.4, -0.2) is 0 Å². The van der Waals surface area contributed by atoms with Crippen LogP contribution < -0.4 is 0 Å². The smallest absolute Gasteiger partial charge is 0.00201 e. The number of benzene rings is 12. The predicted octanol–water partition coefficient (Wildman–Crippen LogP) is 18.5. The normalized spacial score (nSPS) is 11.6. The Kier molecular flexibility index (Phi) is 9.97. The van der Waals surface area contributed by atoms with Crippen molar-refractivity contribution < 1.29 is 0 Å². The zero-order valence-electron chi connectivity index (χ0n) is 36.4. The highest BCUT2D eigenvalue weighted by Gasteiger charge is 2.20. The van der Waals surface area contributed by atoms with Gasteiger partial charge in [-0.25, -0.2) is 0 Å². The largest absolute Gasteiger partial charge is 0.0622 e. The van der Waals surface area contributed by atoms with Crippen LogP contribution in [0.2, 0.25) is 0 Å². The lowest BCUT2D eigenvalue weighted by molar-refractivity contribution is 1.58. The van der Waals surface area contributed by atoms with Gasteiger partial charge in [0.15, 0.2) is 0 Å². The summed E-state index contributed by atoms with van der Waals surface area (Å²) in [6.45, 7) is 0. The van der Waals surface area contributed by atoms with Crippen LogP contribution in [0.5, 0.6) is 0 Å². The second-order valence-electron chi connectivity index (χ2n) is 17.1. The van der Waals surface area contributed by atoms with Crippen LogP contribution in [0.4, 0.5) is 0 Å². The van der Waals surface area contributed by atoms with Crippen LogP contribution in [0.1, 0.15) is 11.1 Å². The molecule has 0 bridgehead atoms. The molecule has 0 amide bonds. The summed E-state index contributed by atoms with van der Waals surface area (Å²) >= 11 is 0. The summed E-state index contributed by atoms with van der Waals surface area (Å²) in [5, 5.41) is 10.1. The van der Waals surface area contributed by atoms with Gasteiger partial charge in [-0.05, 0) is 133 Å². The Morgan fingerprint density at radius 3 is 1.06 bits per heavy atom. The summed E-state index contributed by atoms with van der Waals surface area (Å²) in [5.74, 6) is 0. The Bertz CT molecular complexity index is 3680. The van der Waals surface area contributed by atoms with Crippen molar-refractivity contribution >= 4 is 55.2 Å². The highest BCUT2D eigenvalue weighted by atomic mass is 14.2. The molecular formula is C66H44. The molecular weight excluding hydrogens is 793 g/mol. The molecule has 0 saturated heterocycles. The minimum atomic E-state index is 1.15. The molecule has 66 heavy (non-hydrogen) atoms. The first-order valence-corrected chi connectivity index (χ1v) is 22.8. The Balaban J connectivity index is 0.933. The van der Waals surface area contributed by atoms with E-state index in [0.29, 0.717) is 0 Å². The molecule has 0 aliphatic heterocycles. The molecule has 0 unspecified atom stereocenters. The van der Waals surface area contributed by atoms with Gasteiger partial charge in [-0.3, -0.25) is 0 Å². The molecule has 0 nitrogen and oxygen atoms in total. The van der Waals surface area contributed by atoms with Crippen LogP contribution in [0, 0.1) is 0 Å². The lowest BCUT2D eigenvalue weighted by Gasteiger charge is -2.19. The van der Waals surface area contributed by atoms with Gasteiger partial charge >= 0.3 is 0 Å². The van der Waals surface area contributed by atoms with Crippen molar-refractivity contribution in [1.29, 1.82) is 0 Å². The van der Waals surface area contributed by atoms with E-state index in [1.807, 2.05) is 0 Å². The first-order chi connectivity index (χ1) is 32.8. The van der Waals surface area contributed by atoms with Crippen LogP contribution in [0.3, 0.4) is 0 Å². The van der Waals surface area contributed by atoms with Crippen LogP contribution >= 0.6 is 0 Å². The van der Waals surface area contributed by atoms with Crippen molar-refractivity contribution in [3.63, 3.8) is 0 Å². The van der Waals surface area contributed by atoms with Crippen LogP contribution in [-0.2, 0) is 0 Å². The SMILES string of the molecule is C(=Cc1ccccc1-c1cccc(-c2c3ccccc3c(-c3ccccc3)c3ccccc23)c1)c1cccc(-c2ccccc2-c2c3ccccc3c(-c3ccccc3)c3ccccc23)c1. The Morgan fingerprint density at radius 2 is 0.545 bits per heavy atom. The molecule has 0 atom stereocenters. The van der Waals surface area contributed by atoms with Gasteiger partial charge in [-0.2, -0.15) is 0 Å². The van der Waals surface area contributed by atoms with Gasteiger partial charge in [0.1, 0.15) is 0 Å². The van der Waals surface area contributed by atoms with E-state index in [1.54, 1.807) is 0 Å². The number of fused-ring (bicyclic) bond motifs is 4. The van der Waals surface area contributed by atoms with Crippen molar-refractivity contribution in [3.8, 4) is 66.8 Å². The molecule has 0 N–H and O–H groups in total. The molecule has 12 aromatic carbocycles. The maximum atomic E-state index is 2.38. The monoisotopic (exact) mass is 836 g/mol. The van der Waals surface area contributed by atoms with Crippen molar-refractivity contribution in [3.05, 3.63) is 266 Å². The molecule has 0 fully saturated rings. The highest BCUT2D eigenvalue weighted by Crippen LogP contribution is 2.47. The van der Waals surface area contributed by atoms with Crippen molar-refractivity contribution in [2.45, 2.75) is 0 Å². The molecule has 0 aliphatic rings. The Morgan fingerprint density at radius 1 is 0.197 bits per heavy atom. The van der Waals surface area contributed by atoms with Gasteiger partial charge in [0, 0.05) is 0 Å². The fourth-order valence-corrected chi connectivity index (χ4v) is 10.4. The Hall–Kier alpha value is -8.58. The molecule has 0 heteroatoms. The third kappa shape index (κ3) is 6.88. The lowest BCUT2D eigenvalue weighted by Crippen LogP contribution is -1.92. The van der Waals surface area contributed by atoms with Gasteiger partial charge < -0.3 is 0 Å². The van der Waals surface area contributed by atoms with E-state index in [0.717, 1.165) is 5.56 Å². The summed E-state index contributed by atoms with van der Waals surface area (Å²) in [6.07, 6.45) is 4.54. The first-order valence-electron chi connectivity index (χ1n) is 22.8.